The maximum atomic E-state index is 15.3. The van der Waals surface area contributed by atoms with Gasteiger partial charge in [0.15, 0.2) is 11.6 Å². The number of piperazine rings is 1. The number of nitrogens with one attached hydrogen (secondary N) is 3. The number of rotatable bonds is 8. The Bertz CT molecular complexity index is 819. The molecule has 1 aromatic heterocycles. The third-order valence-corrected chi connectivity index (χ3v) is 6.32. The topological polar surface area (TPSA) is 123 Å². The van der Waals surface area contributed by atoms with E-state index in [1.54, 1.807) is 6.92 Å². The predicted octanol–water partition coefficient (Wildman–Crippen LogP) is 1.97. The first kappa shape index (κ1) is 24.0. The van der Waals surface area contributed by atoms with E-state index in [9.17, 15) is 9.59 Å². The molecule has 32 heavy (non-hydrogen) atoms. The summed E-state index contributed by atoms with van der Waals surface area (Å²) in [4.78, 5) is 36.2. The average molecular weight is 452 g/mol. The van der Waals surface area contributed by atoms with Crippen molar-refractivity contribution in [1.82, 2.24) is 25.6 Å². The molecule has 1 aliphatic heterocycles. The van der Waals surface area contributed by atoms with E-state index in [0.717, 1.165) is 38.8 Å². The molecule has 0 spiro atoms. The monoisotopic (exact) mass is 451 g/mol. The number of hydrogen-bond acceptors (Lipinski definition) is 7. The van der Waals surface area contributed by atoms with Gasteiger partial charge in [-0.15, -0.1) is 0 Å². The molecule has 1 saturated heterocycles. The molecule has 2 fully saturated rings. The number of carbonyl (C=O) groups is 2. The maximum absolute atomic E-state index is 15.3. The van der Waals surface area contributed by atoms with Crippen molar-refractivity contribution in [2.24, 2.45) is 11.8 Å². The molecule has 0 aromatic carbocycles. The molecule has 0 radical (unpaired) electrons. The number of halogens is 1. The largest absolute Gasteiger partial charge is 0.465 e. The van der Waals surface area contributed by atoms with Crippen LogP contribution in [0.1, 0.15) is 44.9 Å². The summed E-state index contributed by atoms with van der Waals surface area (Å²) in [5.41, 5.74) is 5.15. The van der Waals surface area contributed by atoms with Gasteiger partial charge in [-0.2, -0.15) is 4.39 Å². The quantitative estimate of drug-likeness (QED) is 0.443. The van der Waals surface area contributed by atoms with Crippen LogP contribution in [0.2, 0.25) is 0 Å². The fourth-order valence-electron chi connectivity index (χ4n) is 4.64. The molecule has 2 amide bonds. The zero-order valence-electron chi connectivity index (χ0n) is 19.0. The normalized spacial score (nSPS) is 20.8. The summed E-state index contributed by atoms with van der Waals surface area (Å²) in [7, 11) is 2.03. The number of aryl methyl sites for hydroxylation is 1. The van der Waals surface area contributed by atoms with Crippen LogP contribution >= 0.6 is 0 Å². The summed E-state index contributed by atoms with van der Waals surface area (Å²) < 4.78 is 15.3. The molecule has 2 heterocycles. The van der Waals surface area contributed by atoms with Crippen molar-refractivity contribution >= 4 is 23.6 Å². The summed E-state index contributed by atoms with van der Waals surface area (Å²) in [6.07, 6.45) is 3.74. The van der Waals surface area contributed by atoms with Gasteiger partial charge < -0.3 is 20.2 Å². The fraction of sp³-hybridized carbons (Fsp3) is 0.714. The molecule has 1 saturated carbocycles. The van der Waals surface area contributed by atoms with E-state index in [1.807, 2.05) is 18.9 Å². The van der Waals surface area contributed by atoms with Crippen LogP contribution in [-0.2, 0) is 4.79 Å². The van der Waals surface area contributed by atoms with Crippen molar-refractivity contribution in [3.05, 3.63) is 11.6 Å². The minimum atomic E-state index is -1.18. The Morgan fingerprint density at radius 1 is 1.25 bits per heavy atom. The number of carboxylic acid groups (broad SMARTS) is 1. The van der Waals surface area contributed by atoms with Crippen molar-refractivity contribution in [2.75, 3.05) is 43.6 Å². The molecule has 10 nitrogen and oxygen atoms in total. The number of likely N-dealkylation sites (N-methyl/N-ethyl adjacent to an activating group) is 1. The Morgan fingerprint density at radius 2 is 1.97 bits per heavy atom. The smallest absolute Gasteiger partial charge is 0.404 e. The van der Waals surface area contributed by atoms with Gasteiger partial charge in [-0.1, -0.05) is 25.7 Å². The van der Waals surface area contributed by atoms with Crippen LogP contribution in [0, 0.1) is 24.6 Å². The predicted molar refractivity (Wildman–Crippen MR) is 119 cm³/mol. The van der Waals surface area contributed by atoms with Crippen LogP contribution in [0.25, 0.3) is 0 Å². The second-order valence-corrected chi connectivity index (χ2v) is 8.95. The van der Waals surface area contributed by atoms with E-state index in [1.165, 1.54) is 0 Å². The molecular formula is C21H34FN7O3. The van der Waals surface area contributed by atoms with Crippen LogP contribution in [-0.4, -0.2) is 71.2 Å². The number of amides is 2. The lowest BCUT2D eigenvalue weighted by molar-refractivity contribution is -0.124. The van der Waals surface area contributed by atoms with Gasteiger partial charge in [-0.05, 0) is 33.2 Å². The first-order chi connectivity index (χ1) is 15.2. The summed E-state index contributed by atoms with van der Waals surface area (Å²) in [5.74, 6) is -0.671. The Balaban J connectivity index is 1.69. The number of hydrogen-bond donors (Lipinski definition) is 4. The fourth-order valence-corrected chi connectivity index (χ4v) is 4.64. The van der Waals surface area contributed by atoms with E-state index >= 15 is 4.39 Å². The Kier molecular flexibility index (Phi) is 8.05. The SMILES string of the molecule is Cc1nc(NNC(=O)[C@@H](CNC(=O)O)CC2CCCC2)c(F)c(N2CCN(C)C[C@@H]2C)n1. The summed E-state index contributed by atoms with van der Waals surface area (Å²) in [6.45, 7) is 5.93. The van der Waals surface area contributed by atoms with Crippen molar-refractivity contribution < 1.29 is 19.1 Å². The summed E-state index contributed by atoms with van der Waals surface area (Å²) >= 11 is 0. The van der Waals surface area contributed by atoms with Gasteiger partial charge in [0.2, 0.25) is 11.7 Å². The van der Waals surface area contributed by atoms with Crippen LogP contribution in [0.3, 0.4) is 0 Å². The summed E-state index contributed by atoms with van der Waals surface area (Å²) in [5, 5.41) is 11.2. The van der Waals surface area contributed by atoms with Gasteiger partial charge in [-0.3, -0.25) is 15.6 Å². The van der Waals surface area contributed by atoms with Crippen LogP contribution < -0.4 is 21.1 Å². The van der Waals surface area contributed by atoms with E-state index in [2.05, 4.69) is 31.0 Å². The molecule has 11 heteroatoms. The molecule has 4 N–H and O–H groups in total. The maximum Gasteiger partial charge on any atom is 0.404 e. The van der Waals surface area contributed by atoms with E-state index in [0.29, 0.717) is 24.7 Å². The lowest BCUT2D eigenvalue weighted by Crippen LogP contribution is -2.51. The third-order valence-electron chi connectivity index (χ3n) is 6.32. The molecule has 178 valence electrons. The standard InChI is InChI=1S/C21H34FN7O3/c1-13-12-28(3)8-9-29(13)19-17(22)18(24-14(2)25-19)26-27-20(30)16(11-23-21(31)32)10-15-6-4-5-7-15/h13,15-16,23H,4-12H2,1-3H3,(H,27,30)(H,31,32)(H,24,25,26)/t13-,16+/m0/s1. The van der Waals surface area contributed by atoms with Crippen LogP contribution in [0.5, 0.6) is 0 Å². The Labute approximate surface area is 187 Å². The average Bonchev–Trinajstić information content (AvgIpc) is 3.24. The van der Waals surface area contributed by atoms with Crippen molar-refractivity contribution in [3.63, 3.8) is 0 Å². The second kappa shape index (κ2) is 10.8. The molecular weight excluding hydrogens is 417 g/mol. The second-order valence-electron chi connectivity index (χ2n) is 8.95. The van der Waals surface area contributed by atoms with Crippen molar-refractivity contribution in [3.8, 4) is 0 Å². The van der Waals surface area contributed by atoms with E-state index in [4.69, 9.17) is 5.11 Å². The van der Waals surface area contributed by atoms with Gasteiger partial charge in [0.05, 0.1) is 5.92 Å². The first-order valence-corrected chi connectivity index (χ1v) is 11.3. The highest BCUT2D eigenvalue weighted by atomic mass is 19.1. The third kappa shape index (κ3) is 6.18. The van der Waals surface area contributed by atoms with Gasteiger partial charge in [0.25, 0.3) is 0 Å². The van der Waals surface area contributed by atoms with Gasteiger partial charge in [0.1, 0.15) is 5.82 Å². The lowest BCUT2D eigenvalue weighted by Gasteiger charge is -2.39. The molecule has 0 bridgehead atoms. The first-order valence-electron chi connectivity index (χ1n) is 11.3. The molecule has 0 unspecified atom stereocenters. The van der Waals surface area contributed by atoms with Crippen molar-refractivity contribution in [1.29, 1.82) is 0 Å². The number of anilines is 2. The van der Waals surface area contributed by atoms with Gasteiger partial charge in [0, 0.05) is 32.2 Å². The molecule has 3 rings (SSSR count). The zero-order valence-corrected chi connectivity index (χ0v) is 19.0. The minimum absolute atomic E-state index is 0.00862. The number of aromatic nitrogens is 2. The summed E-state index contributed by atoms with van der Waals surface area (Å²) in [6, 6.07) is 0.0814. The van der Waals surface area contributed by atoms with Crippen LogP contribution in [0.15, 0.2) is 0 Å². The van der Waals surface area contributed by atoms with E-state index < -0.39 is 23.7 Å². The molecule has 2 aliphatic rings. The highest BCUT2D eigenvalue weighted by Gasteiger charge is 2.29. The Hall–Kier alpha value is -2.69. The van der Waals surface area contributed by atoms with Crippen molar-refractivity contribution in [2.45, 2.75) is 52.0 Å². The van der Waals surface area contributed by atoms with Gasteiger partial charge in [-0.25, -0.2) is 14.8 Å². The van der Waals surface area contributed by atoms with E-state index in [-0.39, 0.29) is 24.2 Å². The number of hydrazine groups is 1. The van der Waals surface area contributed by atoms with Gasteiger partial charge >= 0.3 is 6.09 Å². The zero-order chi connectivity index (χ0) is 23.3. The highest BCUT2D eigenvalue weighted by Crippen LogP contribution is 2.30. The number of carbonyl (C=O) groups excluding carboxylic acids is 1. The molecule has 2 atom stereocenters. The number of nitrogens with zero attached hydrogens (tertiary/aromatic N) is 4. The lowest BCUT2D eigenvalue weighted by atomic mass is 9.92. The minimum Gasteiger partial charge on any atom is -0.465 e. The Morgan fingerprint density at radius 3 is 2.62 bits per heavy atom. The molecule has 1 aliphatic carbocycles. The van der Waals surface area contributed by atoms with Crippen LogP contribution in [0.4, 0.5) is 20.8 Å². The molecule has 1 aromatic rings. The highest BCUT2D eigenvalue weighted by molar-refractivity contribution is 5.80.